The fourth-order valence-electron chi connectivity index (χ4n) is 4.07. The van der Waals surface area contributed by atoms with E-state index >= 15 is 0 Å². The molecule has 4 rings (SSSR count). The zero-order chi connectivity index (χ0) is 19.0. The van der Waals surface area contributed by atoms with Crippen molar-refractivity contribution >= 4 is 28.3 Å². The van der Waals surface area contributed by atoms with Crippen LogP contribution in [0.4, 0.5) is 5.69 Å². The average molecular weight is 382 g/mol. The third kappa shape index (κ3) is 3.08. The van der Waals surface area contributed by atoms with Crippen molar-refractivity contribution in [1.29, 1.82) is 0 Å². The minimum absolute atomic E-state index is 0.00471. The Labute approximate surface area is 161 Å². The molecule has 2 aliphatic heterocycles. The highest BCUT2D eigenvalue weighted by Crippen LogP contribution is 2.40. The SMILES string of the molecule is Cc1cccc(C(=O)N2CCC3(CC2)N(c2ccccc2)C(=O)CS3=O)c1. The zero-order valence-corrected chi connectivity index (χ0v) is 16.1. The first-order chi connectivity index (χ1) is 13.0. The maximum Gasteiger partial charge on any atom is 0.253 e. The number of aryl methyl sites for hydroxylation is 1. The molecule has 5 nitrogen and oxygen atoms in total. The Morgan fingerprint density at radius 3 is 2.41 bits per heavy atom. The molecule has 27 heavy (non-hydrogen) atoms. The summed E-state index contributed by atoms with van der Waals surface area (Å²) in [5.41, 5.74) is 2.51. The van der Waals surface area contributed by atoms with E-state index in [0.29, 0.717) is 31.5 Å². The van der Waals surface area contributed by atoms with Gasteiger partial charge in [-0.3, -0.25) is 18.7 Å². The van der Waals surface area contributed by atoms with Gasteiger partial charge in [-0.05, 0) is 31.2 Å². The highest BCUT2D eigenvalue weighted by molar-refractivity contribution is 7.88. The van der Waals surface area contributed by atoms with E-state index in [1.54, 1.807) is 4.90 Å². The maximum absolute atomic E-state index is 12.9. The predicted octanol–water partition coefficient (Wildman–Crippen LogP) is 2.72. The molecule has 1 spiro atoms. The second kappa shape index (κ2) is 6.93. The summed E-state index contributed by atoms with van der Waals surface area (Å²) in [4.78, 5) is 28.2. The van der Waals surface area contributed by atoms with Gasteiger partial charge in [0.25, 0.3) is 5.91 Å². The highest BCUT2D eigenvalue weighted by Gasteiger charge is 2.53. The van der Waals surface area contributed by atoms with Crippen LogP contribution in [0, 0.1) is 6.92 Å². The molecule has 0 bridgehead atoms. The van der Waals surface area contributed by atoms with Crippen molar-refractivity contribution in [2.75, 3.05) is 23.7 Å². The Balaban J connectivity index is 1.57. The molecule has 2 amide bonds. The van der Waals surface area contributed by atoms with Crippen molar-refractivity contribution in [2.24, 2.45) is 0 Å². The van der Waals surface area contributed by atoms with Crippen LogP contribution >= 0.6 is 0 Å². The smallest absolute Gasteiger partial charge is 0.253 e. The summed E-state index contributed by atoms with van der Waals surface area (Å²) in [5.74, 6) is -0.0475. The Bertz CT molecular complexity index is 905. The van der Waals surface area contributed by atoms with E-state index < -0.39 is 15.7 Å². The molecular formula is C21H22N2O3S. The second-order valence-corrected chi connectivity index (χ2v) is 8.90. The van der Waals surface area contributed by atoms with Gasteiger partial charge in [-0.15, -0.1) is 0 Å². The van der Waals surface area contributed by atoms with Crippen LogP contribution < -0.4 is 4.90 Å². The summed E-state index contributed by atoms with van der Waals surface area (Å²) in [5, 5.41) is 0. The van der Waals surface area contributed by atoms with Gasteiger partial charge in [0.15, 0.2) is 0 Å². The van der Waals surface area contributed by atoms with Crippen molar-refractivity contribution < 1.29 is 13.8 Å². The van der Waals surface area contributed by atoms with Gasteiger partial charge >= 0.3 is 0 Å². The molecule has 1 unspecified atom stereocenters. The lowest BCUT2D eigenvalue weighted by Gasteiger charge is -2.43. The van der Waals surface area contributed by atoms with E-state index in [1.165, 1.54) is 0 Å². The number of hydrogen-bond acceptors (Lipinski definition) is 3. The number of likely N-dealkylation sites (tertiary alicyclic amines) is 1. The Kier molecular flexibility index (Phi) is 4.60. The number of carbonyl (C=O) groups is 2. The summed E-state index contributed by atoms with van der Waals surface area (Å²) < 4.78 is 12.9. The maximum atomic E-state index is 12.9. The van der Waals surface area contributed by atoms with Crippen molar-refractivity contribution in [2.45, 2.75) is 24.6 Å². The van der Waals surface area contributed by atoms with E-state index in [2.05, 4.69) is 0 Å². The first kappa shape index (κ1) is 17.9. The largest absolute Gasteiger partial charge is 0.338 e. The summed E-state index contributed by atoms with van der Waals surface area (Å²) in [6.45, 7) is 2.96. The summed E-state index contributed by atoms with van der Waals surface area (Å²) >= 11 is 0. The van der Waals surface area contributed by atoms with Crippen LogP contribution in [0.2, 0.25) is 0 Å². The van der Waals surface area contributed by atoms with Crippen LogP contribution in [0.25, 0.3) is 0 Å². The van der Waals surface area contributed by atoms with Gasteiger partial charge in [-0.2, -0.15) is 0 Å². The molecule has 140 valence electrons. The molecule has 6 heteroatoms. The number of amides is 2. The standard InChI is InChI=1S/C21H22N2O3S/c1-16-6-5-7-17(14-16)20(25)22-12-10-21(11-13-22)23(19(24)15-27(21)26)18-8-3-2-4-9-18/h2-9,14H,10-13,15H2,1H3. The fraction of sp³-hybridized carbons (Fsp3) is 0.333. The van der Waals surface area contributed by atoms with Crippen LogP contribution in [0.3, 0.4) is 0 Å². The lowest BCUT2D eigenvalue weighted by Crippen LogP contribution is -2.56. The van der Waals surface area contributed by atoms with Crippen molar-refractivity contribution in [3.63, 3.8) is 0 Å². The molecule has 0 aliphatic carbocycles. The second-order valence-electron chi connectivity index (χ2n) is 7.16. The minimum Gasteiger partial charge on any atom is -0.338 e. The first-order valence-electron chi connectivity index (χ1n) is 9.14. The van der Waals surface area contributed by atoms with Crippen LogP contribution in [0.1, 0.15) is 28.8 Å². The molecule has 0 N–H and O–H groups in total. The van der Waals surface area contributed by atoms with Crippen LogP contribution in [-0.4, -0.2) is 44.6 Å². The van der Waals surface area contributed by atoms with E-state index in [-0.39, 0.29) is 17.6 Å². The van der Waals surface area contributed by atoms with Gasteiger partial charge in [0, 0.05) is 37.2 Å². The molecule has 1 atom stereocenters. The lowest BCUT2D eigenvalue weighted by molar-refractivity contribution is -0.116. The third-order valence-electron chi connectivity index (χ3n) is 5.45. The molecule has 2 aromatic carbocycles. The molecule has 2 aromatic rings. The van der Waals surface area contributed by atoms with Crippen molar-refractivity contribution in [3.8, 4) is 0 Å². The van der Waals surface area contributed by atoms with Gasteiger partial charge < -0.3 is 4.90 Å². The average Bonchev–Trinajstić information content (AvgIpc) is 2.92. The van der Waals surface area contributed by atoms with Crippen molar-refractivity contribution in [3.05, 3.63) is 65.7 Å². The highest BCUT2D eigenvalue weighted by atomic mass is 32.2. The normalized spacial score (nSPS) is 21.7. The number of benzene rings is 2. The molecule has 0 aromatic heterocycles. The minimum atomic E-state index is -1.27. The van der Waals surface area contributed by atoms with Crippen molar-refractivity contribution in [1.82, 2.24) is 4.90 Å². The quantitative estimate of drug-likeness (QED) is 0.802. The van der Waals surface area contributed by atoms with E-state index in [4.69, 9.17) is 0 Å². The third-order valence-corrected chi connectivity index (χ3v) is 7.39. The van der Waals surface area contributed by atoms with E-state index in [0.717, 1.165) is 11.3 Å². The van der Waals surface area contributed by atoms with Crippen LogP contribution in [0.15, 0.2) is 54.6 Å². The number of carbonyl (C=O) groups excluding carboxylic acids is 2. The molecule has 0 radical (unpaired) electrons. The summed E-state index contributed by atoms with van der Waals surface area (Å²) in [7, 11) is -1.27. The van der Waals surface area contributed by atoms with Gasteiger partial charge in [0.05, 0.1) is 10.8 Å². The van der Waals surface area contributed by atoms with Gasteiger partial charge in [0.2, 0.25) is 5.91 Å². The molecule has 0 saturated carbocycles. The zero-order valence-electron chi connectivity index (χ0n) is 15.3. The first-order valence-corrected chi connectivity index (χ1v) is 10.5. The fourth-order valence-corrected chi connectivity index (χ4v) is 5.74. The number of rotatable bonds is 2. The van der Waals surface area contributed by atoms with E-state index in [1.807, 2.05) is 66.4 Å². The molecular weight excluding hydrogens is 360 g/mol. The number of para-hydroxylation sites is 1. The van der Waals surface area contributed by atoms with E-state index in [9.17, 15) is 13.8 Å². The molecule has 2 fully saturated rings. The number of nitrogens with zero attached hydrogens (tertiary/aromatic N) is 2. The number of anilines is 1. The summed E-state index contributed by atoms with van der Waals surface area (Å²) in [6.07, 6.45) is 1.05. The number of hydrogen-bond donors (Lipinski definition) is 0. The molecule has 2 saturated heterocycles. The number of piperidine rings is 1. The van der Waals surface area contributed by atoms with Gasteiger partial charge in [-0.1, -0.05) is 35.9 Å². The Morgan fingerprint density at radius 1 is 1.04 bits per heavy atom. The monoisotopic (exact) mass is 382 g/mol. The molecule has 2 aliphatic rings. The summed E-state index contributed by atoms with van der Waals surface area (Å²) in [6, 6.07) is 17.0. The Morgan fingerprint density at radius 2 is 1.74 bits per heavy atom. The lowest BCUT2D eigenvalue weighted by atomic mass is 10.00. The van der Waals surface area contributed by atoms with Crippen LogP contribution in [0.5, 0.6) is 0 Å². The Hall–Kier alpha value is -2.47. The molecule has 2 heterocycles. The van der Waals surface area contributed by atoms with Crippen LogP contribution in [-0.2, 0) is 15.6 Å². The predicted molar refractivity (Wildman–Crippen MR) is 106 cm³/mol. The van der Waals surface area contributed by atoms with Gasteiger partial charge in [-0.25, -0.2) is 0 Å². The topological polar surface area (TPSA) is 57.7 Å². The van der Waals surface area contributed by atoms with Gasteiger partial charge in [0.1, 0.15) is 10.6 Å².